The molecule has 3 heterocycles. The number of hydrogen-bond donors (Lipinski definition) is 0. The van der Waals surface area contributed by atoms with Crippen molar-refractivity contribution in [2.45, 2.75) is 58.4 Å². The zero-order valence-electron chi connectivity index (χ0n) is 19.0. The molecule has 1 atom stereocenters. The van der Waals surface area contributed by atoms with E-state index in [1.165, 1.54) is 6.07 Å². The number of rotatable bonds is 6. The first-order valence-corrected chi connectivity index (χ1v) is 11.3. The van der Waals surface area contributed by atoms with Crippen molar-refractivity contribution in [1.82, 2.24) is 24.6 Å². The van der Waals surface area contributed by atoms with Crippen molar-refractivity contribution in [3.05, 3.63) is 76.9 Å². The number of piperidine rings is 1. The standard InChI is InChI=1S/C25H30FN5O/c1-17(31-19(3)28-18(2)29-31)13-25(32)30-11-9-22(10-12-30)24-8-7-21(16-27-24)14-20-5-4-6-23(26)15-20/h4-8,15-17,22H,9-14H2,1-3H3. The van der Waals surface area contributed by atoms with Crippen LogP contribution in [0.15, 0.2) is 42.6 Å². The lowest BCUT2D eigenvalue weighted by Crippen LogP contribution is -2.39. The van der Waals surface area contributed by atoms with Crippen molar-refractivity contribution >= 4 is 5.91 Å². The van der Waals surface area contributed by atoms with Gasteiger partial charge in [-0.3, -0.25) is 9.78 Å². The zero-order valence-corrected chi connectivity index (χ0v) is 19.0. The van der Waals surface area contributed by atoms with Crippen LogP contribution in [0.1, 0.15) is 66.6 Å². The third-order valence-corrected chi connectivity index (χ3v) is 6.21. The first-order valence-electron chi connectivity index (χ1n) is 11.3. The van der Waals surface area contributed by atoms with Gasteiger partial charge in [0.2, 0.25) is 5.91 Å². The number of hydrogen-bond acceptors (Lipinski definition) is 4. The minimum atomic E-state index is -0.214. The van der Waals surface area contributed by atoms with E-state index in [-0.39, 0.29) is 17.8 Å². The van der Waals surface area contributed by atoms with Gasteiger partial charge in [-0.05, 0) is 69.4 Å². The lowest BCUT2D eigenvalue weighted by Gasteiger charge is -2.32. The van der Waals surface area contributed by atoms with Crippen molar-refractivity contribution in [3.63, 3.8) is 0 Å². The van der Waals surface area contributed by atoms with Crippen LogP contribution in [0.25, 0.3) is 0 Å². The van der Waals surface area contributed by atoms with Crippen LogP contribution in [0, 0.1) is 19.7 Å². The van der Waals surface area contributed by atoms with Crippen LogP contribution >= 0.6 is 0 Å². The number of nitrogens with zero attached hydrogens (tertiary/aromatic N) is 5. The number of carbonyl (C=O) groups excluding carboxylic acids is 1. The summed E-state index contributed by atoms with van der Waals surface area (Å²) in [6.07, 6.45) is 4.82. The number of amides is 1. The van der Waals surface area contributed by atoms with Crippen molar-refractivity contribution in [1.29, 1.82) is 0 Å². The summed E-state index contributed by atoms with van der Waals surface area (Å²) in [5, 5.41) is 4.41. The summed E-state index contributed by atoms with van der Waals surface area (Å²) < 4.78 is 15.2. The SMILES string of the molecule is Cc1nc(C)n(C(C)CC(=O)N2CCC(c3ccc(Cc4cccc(F)c4)cn3)CC2)n1. The molecule has 1 unspecified atom stereocenters. The van der Waals surface area contributed by atoms with Gasteiger partial charge in [-0.1, -0.05) is 18.2 Å². The molecular formula is C25H30FN5O. The minimum Gasteiger partial charge on any atom is -0.343 e. The predicted molar refractivity (Wildman–Crippen MR) is 121 cm³/mol. The van der Waals surface area contributed by atoms with Gasteiger partial charge in [-0.25, -0.2) is 14.1 Å². The van der Waals surface area contributed by atoms with E-state index < -0.39 is 0 Å². The highest BCUT2D eigenvalue weighted by Crippen LogP contribution is 2.28. The molecule has 1 aromatic carbocycles. The number of likely N-dealkylation sites (tertiary alicyclic amines) is 1. The van der Waals surface area contributed by atoms with Crippen LogP contribution in [0.4, 0.5) is 4.39 Å². The van der Waals surface area contributed by atoms with E-state index in [1.807, 2.05) is 42.6 Å². The Morgan fingerprint density at radius 2 is 1.94 bits per heavy atom. The van der Waals surface area contributed by atoms with Gasteiger partial charge in [0.15, 0.2) is 0 Å². The Hall–Kier alpha value is -3.09. The van der Waals surface area contributed by atoms with Gasteiger partial charge in [0, 0.05) is 37.3 Å². The van der Waals surface area contributed by atoms with Crippen LogP contribution in [-0.2, 0) is 11.2 Å². The molecule has 0 radical (unpaired) electrons. The second kappa shape index (κ2) is 9.59. The Kier molecular flexibility index (Phi) is 6.63. The second-order valence-corrected chi connectivity index (χ2v) is 8.76. The van der Waals surface area contributed by atoms with E-state index >= 15 is 0 Å². The molecule has 32 heavy (non-hydrogen) atoms. The maximum atomic E-state index is 13.4. The zero-order chi connectivity index (χ0) is 22.7. The molecule has 2 aromatic heterocycles. The maximum Gasteiger partial charge on any atom is 0.224 e. The van der Waals surface area contributed by atoms with Gasteiger partial charge in [0.05, 0.1) is 6.04 Å². The Morgan fingerprint density at radius 3 is 2.56 bits per heavy atom. The number of aromatic nitrogens is 4. The van der Waals surface area contributed by atoms with Crippen molar-refractivity contribution in [3.8, 4) is 0 Å². The average molecular weight is 436 g/mol. The third-order valence-electron chi connectivity index (χ3n) is 6.21. The largest absolute Gasteiger partial charge is 0.343 e. The van der Waals surface area contributed by atoms with Crippen LogP contribution in [0.2, 0.25) is 0 Å². The number of carbonyl (C=O) groups is 1. The van der Waals surface area contributed by atoms with E-state index in [4.69, 9.17) is 0 Å². The molecule has 0 spiro atoms. The molecule has 1 amide bonds. The van der Waals surface area contributed by atoms with Gasteiger partial charge in [0.25, 0.3) is 0 Å². The van der Waals surface area contributed by atoms with Gasteiger partial charge in [0.1, 0.15) is 17.5 Å². The minimum absolute atomic E-state index is 0.00581. The van der Waals surface area contributed by atoms with Crippen LogP contribution in [-0.4, -0.2) is 43.6 Å². The third kappa shape index (κ3) is 5.21. The summed E-state index contributed by atoms with van der Waals surface area (Å²) in [5.41, 5.74) is 3.08. The van der Waals surface area contributed by atoms with Crippen molar-refractivity contribution in [2.24, 2.45) is 0 Å². The summed E-state index contributed by atoms with van der Waals surface area (Å²) in [5.74, 6) is 1.89. The molecule has 3 aromatic rings. The molecule has 1 fully saturated rings. The number of halogens is 1. The van der Waals surface area contributed by atoms with E-state index in [1.54, 1.807) is 12.1 Å². The lowest BCUT2D eigenvalue weighted by molar-refractivity contribution is -0.133. The smallest absolute Gasteiger partial charge is 0.224 e. The molecule has 168 valence electrons. The van der Waals surface area contributed by atoms with Gasteiger partial charge in [-0.2, -0.15) is 5.10 Å². The number of pyridine rings is 1. The molecular weight excluding hydrogens is 405 g/mol. The van der Waals surface area contributed by atoms with E-state index in [0.29, 0.717) is 18.8 Å². The highest BCUT2D eigenvalue weighted by Gasteiger charge is 2.26. The quantitative estimate of drug-likeness (QED) is 0.577. The van der Waals surface area contributed by atoms with Crippen LogP contribution in [0.5, 0.6) is 0 Å². The molecule has 0 saturated carbocycles. The summed E-state index contributed by atoms with van der Waals surface area (Å²) in [6.45, 7) is 7.30. The van der Waals surface area contributed by atoms with Crippen molar-refractivity contribution in [2.75, 3.05) is 13.1 Å². The van der Waals surface area contributed by atoms with Crippen LogP contribution in [0.3, 0.4) is 0 Å². The van der Waals surface area contributed by atoms with Gasteiger partial charge >= 0.3 is 0 Å². The normalized spacial score (nSPS) is 15.7. The molecule has 0 aliphatic carbocycles. The fraction of sp³-hybridized carbons (Fsp3) is 0.440. The first kappa shape index (κ1) is 22.1. The molecule has 0 bridgehead atoms. The maximum absolute atomic E-state index is 13.4. The predicted octanol–water partition coefficient (Wildman–Crippen LogP) is 4.38. The molecule has 1 saturated heterocycles. The first-order chi connectivity index (χ1) is 15.4. The summed E-state index contributed by atoms with van der Waals surface area (Å²) in [4.78, 5) is 23.8. The number of benzene rings is 1. The monoisotopic (exact) mass is 435 g/mol. The molecule has 7 heteroatoms. The molecule has 1 aliphatic rings. The topological polar surface area (TPSA) is 63.9 Å². The summed E-state index contributed by atoms with van der Waals surface area (Å²) in [7, 11) is 0. The van der Waals surface area contributed by atoms with Gasteiger partial charge < -0.3 is 4.90 Å². The second-order valence-electron chi connectivity index (χ2n) is 8.76. The fourth-order valence-corrected chi connectivity index (χ4v) is 4.51. The molecule has 1 aliphatic heterocycles. The Labute approximate surface area is 188 Å². The van der Waals surface area contributed by atoms with E-state index in [0.717, 1.165) is 54.4 Å². The van der Waals surface area contributed by atoms with Crippen LogP contribution < -0.4 is 0 Å². The fourth-order valence-electron chi connectivity index (χ4n) is 4.51. The highest BCUT2D eigenvalue weighted by molar-refractivity contribution is 5.76. The Bertz CT molecular complexity index is 1070. The summed E-state index contributed by atoms with van der Waals surface area (Å²) >= 11 is 0. The van der Waals surface area contributed by atoms with E-state index in [2.05, 4.69) is 27.2 Å². The van der Waals surface area contributed by atoms with Crippen molar-refractivity contribution < 1.29 is 9.18 Å². The Morgan fingerprint density at radius 1 is 1.16 bits per heavy atom. The lowest BCUT2D eigenvalue weighted by atomic mass is 9.92. The van der Waals surface area contributed by atoms with Gasteiger partial charge in [-0.15, -0.1) is 0 Å². The van der Waals surface area contributed by atoms with E-state index in [9.17, 15) is 9.18 Å². The molecule has 6 nitrogen and oxygen atoms in total. The highest BCUT2D eigenvalue weighted by atomic mass is 19.1. The molecule has 0 N–H and O–H groups in total. The average Bonchev–Trinajstić information content (AvgIpc) is 3.12. The Balaban J connectivity index is 1.29. The number of aryl methyl sites for hydroxylation is 2. The summed E-state index contributed by atoms with van der Waals surface area (Å²) in [6, 6.07) is 10.8. The molecule has 4 rings (SSSR count).